The van der Waals surface area contributed by atoms with E-state index in [9.17, 15) is 9.90 Å². The molecule has 0 saturated carbocycles. The summed E-state index contributed by atoms with van der Waals surface area (Å²) in [5.41, 5.74) is 0.933. The van der Waals surface area contributed by atoms with Gasteiger partial charge in [-0.25, -0.2) is 4.79 Å². The maximum atomic E-state index is 11.3. The van der Waals surface area contributed by atoms with Gasteiger partial charge in [0, 0.05) is 17.5 Å². The van der Waals surface area contributed by atoms with Crippen molar-refractivity contribution in [2.45, 2.75) is 32.1 Å². The summed E-state index contributed by atoms with van der Waals surface area (Å²) in [4.78, 5) is 12.7. The summed E-state index contributed by atoms with van der Waals surface area (Å²) in [5.74, 6) is 0.792. The predicted molar refractivity (Wildman–Crippen MR) is 87.7 cm³/mol. The van der Waals surface area contributed by atoms with Crippen LogP contribution in [0.15, 0.2) is 36.4 Å². The SMILES string of the molecule is COc1c(COC2CCCCN2C(=O)O)ccc2ccccc12. The van der Waals surface area contributed by atoms with E-state index in [0.29, 0.717) is 13.2 Å². The second-order valence-electron chi connectivity index (χ2n) is 5.72. The van der Waals surface area contributed by atoms with Crippen molar-refractivity contribution >= 4 is 16.9 Å². The van der Waals surface area contributed by atoms with Gasteiger partial charge in [0.1, 0.15) is 12.0 Å². The Balaban J connectivity index is 1.80. The average Bonchev–Trinajstić information content (AvgIpc) is 2.59. The topological polar surface area (TPSA) is 59.0 Å². The standard InChI is InChI=1S/C18H21NO4/c1-22-17-14(10-9-13-6-2-3-7-15(13)17)12-23-16-8-4-5-11-19(16)18(20)21/h2-3,6-7,9-10,16H,4-5,8,11-12H2,1H3,(H,20,21). The second-order valence-corrected chi connectivity index (χ2v) is 5.72. The van der Waals surface area contributed by atoms with Crippen LogP contribution in [0, 0.1) is 0 Å². The van der Waals surface area contributed by atoms with Gasteiger partial charge in [-0.2, -0.15) is 0 Å². The molecule has 1 aliphatic heterocycles. The number of methoxy groups -OCH3 is 1. The number of likely N-dealkylation sites (tertiary alicyclic amines) is 1. The number of amides is 1. The molecule has 0 bridgehead atoms. The number of piperidine rings is 1. The number of carbonyl (C=O) groups is 1. The third kappa shape index (κ3) is 3.24. The zero-order valence-corrected chi connectivity index (χ0v) is 13.2. The first-order valence-electron chi connectivity index (χ1n) is 7.86. The highest BCUT2D eigenvalue weighted by atomic mass is 16.5. The Labute approximate surface area is 135 Å². The van der Waals surface area contributed by atoms with Crippen LogP contribution in [0.4, 0.5) is 4.79 Å². The normalized spacial score (nSPS) is 18.1. The molecular formula is C18H21NO4. The number of benzene rings is 2. The van der Waals surface area contributed by atoms with E-state index in [4.69, 9.17) is 9.47 Å². The van der Waals surface area contributed by atoms with E-state index in [2.05, 4.69) is 0 Å². The van der Waals surface area contributed by atoms with Crippen molar-refractivity contribution in [3.8, 4) is 5.75 Å². The monoisotopic (exact) mass is 315 g/mol. The summed E-state index contributed by atoms with van der Waals surface area (Å²) in [6.07, 6.45) is 1.33. The van der Waals surface area contributed by atoms with Crippen molar-refractivity contribution in [2.75, 3.05) is 13.7 Å². The Morgan fingerprint density at radius 3 is 2.87 bits per heavy atom. The van der Waals surface area contributed by atoms with Crippen LogP contribution < -0.4 is 4.74 Å². The fourth-order valence-corrected chi connectivity index (χ4v) is 3.12. The first-order chi connectivity index (χ1) is 11.2. The minimum absolute atomic E-state index is 0.336. The highest BCUT2D eigenvalue weighted by Gasteiger charge is 2.27. The smallest absolute Gasteiger partial charge is 0.409 e. The number of carboxylic acid groups (broad SMARTS) is 1. The van der Waals surface area contributed by atoms with E-state index >= 15 is 0 Å². The summed E-state index contributed by atoms with van der Waals surface area (Å²) in [6, 6.07) is 12.0. The molecule has 1 heterocycles. The molecule has 2 aromatic rings. The van der Waals surface area contributed by atoms with E-state index in [1.165, 1.54) is 4.90 Å². The van der Waals surface area contributed by atoms with Crippen molar-refractivity contribution in [1.82, 2.24) is 4.90 Å². The fourth-order valence-electron chi connectivity index (χ4n) is 3.12. The van der Waals surface area contributed by atoms with Crippen molar-refractivity contribution < 1.29 is 19.4 Å². The molecule has 0 aliphatic carbocycles. The molecule has 1 fully saturated rings. The van der Waals surface area contributed by atoms with Crippen LogP contribution in [0.5, 0.6) is 5.75 Å². The van der Waals surface area contributed by atoms with Crippen LogP contribution in [0.25, 0.3) is 10.8 Å². The molecule has 5 heteroatoms. The fraction of sp³-hybridized carbons (Fsp3) is 0.389. The van der Waals surface area contributed by atoms with Crippen molar-refractivity contribution in [3.63, 3.8) is 0 Å². The minimum atomic E-state index is -0.917. The van der Waals surface area contributed by atoms with Gasteiger partial charge in [-0.05, 0) is 24.6 Å². The third-order valence-electron chi connectivity index (χ3n) is 4.29. The molecule has 23 heavy (non-hydrogen) atoms. The van der Waals surface area contributed by atoms with Gasteiger partial charge in [0.2, 0.25) is 0 Å². The summed E-state index contributed by atoms with van der Waals surface area (Å²) < 4.78 is 11.5. The third-order valence-corrected chi connectivity index (χ3v) is 4.29. The maximum Gasteiger partial charge on any atom is 0.409 e. The van der Waals surface area contributed by atoms with Crippen LogP contribution in [0.1, 0.15) is 24.8 Å². The van der Waals surface area contributed by atoms with Crippen LogP contribution in [-0.4, -0.2) is 36.0 Å². The molecule has 122 valence electrons. The van der Waals surface area contributed by atoms with Crippen LogP contribution in [0.2, 0.25) is 0 Å². The number of hydrogen-bond donors (Lipinski definition) is 1. The van der Waals surface area contributed by atoms with Crippen molar-refractivity contribution in [2.24, 2.45) is 0 Å². The Hall–Kier alpha value is -2.27. The lowest BCUT2D eigenvalue weighted by atomic mass is 10.1. The van der Waals surface area contributed by atoms with E-state index < -0.39 is 6.09 Å². The van der Waals surface area contributed by atoms with E-state index in [0.717, 1.165) is 41.3 Å². The van der Waals surface area contributed by atoms with Gasteiger partial charge in [-0.3, -0.25) is 4.90 Å². The maximum absolute atomic E-state index is 11.3. The predicted octanol–water partition coefficient (Wildman–Crippen LogP) is 3.86. The molecule has 1 saturated heterocycles. The van der Waals surface area contributed by atoms with Gasteiger partial charge in [0.25, 0.3) is 0 Å². The molecule has 1 aliphatic rings. The van der Waals surface area contributed by atoms with E-state index in [-0.39, 0.29) is 6.23 Å². The molecule has 2 aromatic carbocycles. The minimum Gasteiger partial charge on any atom is -0.496 e. The lowest BCUT2D eigenvalue weighted by molar-refractivity contribution is -0.0748. The van der Waals surface area contributed by atoms with Gasteiger partial charge >= 0.3 is 6.09 Å². The molecule has 0 spiro atoms. The number of fused-ring (bicyclic) bond motifs is 1. The molecule has 1 atom stereocenters. The molecule has 0 radical (unpaired) electrons. The van der Waals surface area contributed by atoms with Crippen LogP contribution in [-0.2, 0) is 11.3 Å². The largest absolute Gasteiger partial charge is 0.496 e. The van der Waals surface area contributed by atoms with Gasteiger partial charge in [0.05, 0.1) is 13.7 Å². The highest BCUT2D eigenvalue weighted by Crippen LogP contribution is 2.31. The lowest BCUT2D eigenvalue weighted by Crippen LogP contribution is -2.44. The summed E-state index contributed by atoms with van der Waals surface area (Å²) in [5, 5.41) is 11.4. The lowest BCUT2D eigenvalue weighted by Gasteiger charge is -2.33. The van der Waals surface area contributed by atoms with Crippen LogP contribution in [0.3, 0.4) is 0 Å². The molecule has 1 amide bonds. The number of nitrogens with zero attached hydrogens (tertiary/aromatic N) is 1. The highest BCUT2D eigenvalue weighted by molar-refractivity contribution is 5.89. The Kier molecular flexibility index (Phi) is 4.67. The van der Waals surface area contributed by atoms with Crippen LogP contribution >= 0.6 is 0 Å². The Bertz CT molecular complexity index is 700. The van der Waals surface area contributed by atoms with Gasteiger partial charge in [-0.1, -0.05) is 36.4 Å². The average molecular weight is 315 g/mol. The molecule has 1 unspecified atom stereocenters. The van der Waals surface area contributed by atoms with E-state index in [1.54, 1.807) is 7.11 Å². The summed E-state index contributed by atoms with van der Waals surface area (Å²) in [7, 11) is 1.65. The Morgan fingerprint density at radius 2 is 2.09 bits per heavy atom. The Morgan fingerprint density at radius 1 is 1.26 bits per heavy atom. The number of ether oxygens (including phenoxy) is 2. The van der Waals surface area contributed by atoms with Crippen molar-refractivity contribution in [3.05, 3.63) is 42.0 Å². The zero-order valence-electron chi connectivity index (χ0n) is 13.2. The van der Waals surface area contributed by atoms with Gasteiger partial charge < -0.3 is 14.6 Å². The number of rotatable bonds is 4. The summed E-state index contributed by atoms with van der Waals surface area (Å²) >= 11 is 0. The quantitative estimate of drug-likeness (QED) is 0.931. The summed E-state index contributed by atoms with van der Waals surface area (Å²) in [6.45, 7) is 0.872. The zero-order chi connectivity index (χ0) is 16.2. The number of hydrogen-bond acceptors (Lipinski definition) is 3. The van der Waals surface area contributed by atoms with E-state index in [1.807, 2.05) is 36.4 Å². The molecule has 1 N–H and O–H groups in total. The second kappa shape index (κ2) is 6.87. The first-order valence-corrected chi connectivity index (χ1v) is 7.86. The van der Waals surface area contributed by atoms with Gasteiger partial charge in [-0.15, -0.1) is 0 Å². The first kappa shape index (κ1) is 15.6. The molecular weight excluding hydrogens is 294 g/mol. The molecule has 3 rings (SSSR count). The molecule has 0 aromatic heterocycles. The van der Waals surface area contributed by atoms with Gasteiger partial charge in [0.15, 0.2) is 0 Å². The molecule has 5 nitrogen and oxygen atoms in total. The van der Waals surface area contributed by atoms with Crippen molar-refractivity contribution in [1.29, 1.82) is 0 Å².